The fraction of sp³-hybridized carbons (Fsp3) is 0.308. The SMILES string of the molecule is [CH2]C(CNC(=O)c1ccccc1OCC(=O)O)OC. The monoisotopic (exact) mass is 266 g/mol. The Morgan fingerprint density at radius 3 is 2.74 bits per heavy atom. The van der Waals surface area contributed by atoms with Gasteiger partial charge in [0.1, 0.15) is 5.75 Å². The smallest absolute Gasteiger partial charge is 0.341 e. The molecule has 0 saturated carbocycles. The molecular formula is C13H16NO5. The molecule has 1 unspecified atom stereocenters. The van der Waals surface area contributed by atoms with Gasteiger partial charge < -0.3 is 19.9 Å². The first kappa shape index (κ1) is 15.0. The van der Waals surface area contributed by atoms with Crippen LogP contribution in [0.1, 0.15) is 10.4 Å². The molecule has 0 aromatic heterocycles. The number of carbonyl (C=O) groups excluding carboxylic acids is 1. The highest BCUT2D eigenvalue weighted by molar-refractivity contribution is 5.97. The minimum atomic E-state index is -1.10. The fourth-order valence-corrected chi connectivity index (χ4v) is 1.30. The Morgan fingerprint density at radius 2 is 2.11 bits per heavy atom. The molecule has 6 nitrogen and oxygen atoms in total. The Hall–Kier alpha value is -2.08. The molecule has 1 atom stereocenters. The van der Waals surface area contributed by atoms with Crippen molar-refractivity contribution in [2.24, 2.45) is 0 Å². The standard InChI is InChI=1S/C13H16NO5/c1-9(18-2)7-14-13(17)10-5-3-4-6-11(10)19-8-12(15)16/h3-6,9H,1,7-8H2,2H3,(H,14,17)(H,15,16). The molecule has 0 bridgehead atoms. The van der Waals surface area contributed by atoms with E-state index in [1.54, 1.807) is 18.2 Å². The topological polar surface area (TPSA) is 84.9 Å². The van der Waals surface area contributed by atoms with Crippen molar-refractivity contribution in [1.82, 2.24) is 5.32 Å². The Balaban J connectivity index is 2.70. The van der Waals surface area contributed by atoms with E-state index in [1.165, 1.54) is 13.2 Å². The van der Waals surface area contributed by atoms with Gasteiger partial charge in [-0.05, 0) is 19.1 Å². The van der Waals surface area contributed by atoms with Crippen LogP contribution in [0.5, 0.6) is 5.75 Å². The maximum absolute atomic E-state index is 11.9. The summed E-state index contributed by atoms with van der Waals surface area (Å²) in [5.41, 5.74) is 0.270. The number of para-hydroxylation sites is 1. The molecule has 0 fully saturated rings. The van der Waals surface area contributed by atoms with Crippen LogP contribution in [0, 0.1) is 6.92 Å². The van der Waals surface area contributed by atoms with E-state index in [0.717, 1.165) is 0 Å². The number of carbonyl (C=O) groups is 2. The van der Waals surface area contributed by atoms with Crippen LogP contribution in [0.3, 0.4) is 0 Å². The summed E-state index contributed by atoms with van der Waals surface area (Å²) in [6.07, 6.45) is -0.351. The van der Waals surface area contributed by atoms with Crippen LogP contribution in [0.25, 0.3) is 0 Å². The number of benzene rings is 1. The Bertz CT molecular complexity index is 446. The Labute approximate surface area is 111 Å². The Morgan fingerprint density at radius 1 is 1.42 bits per heavy atom. The molecule has 0 heterocycles. The first-order chi connectivity index (χ1) is 9.04. The van der Waals surface area contributed by atoms with Gasteiger partial charge in [-0.15, -0.1) is 0 Å². The van der Waals surface area contributed by atoms with Gasteiger partial charge in [-0.1, -0.05) is 12.1 Å². The highest BCUT2D eigenvalue weighted by atomic mass is 16.5. The van der Waals surface area contributed by atoms with Crippen LogP contribution in [-0.2, 0) is 9.53 Å². The van der Waals surface area contributed by atoms with Gasteiger partial charge in [0.2, 0.25) is 0 Å². The summed E-state index contributed by atoms with van der Waals surface area (Å²) in [5.74, 6) is -1.25. The van der Waals surface area contributed by atoms with Gasteiger partial charge in [0.05, 0.1) is 11.7 Å². The maximum atomic E-state index is 11.9. The minimum Gasteiger partial charge on any atom is -0.481 e. The first-order valence-corrected chi connectivity index (χ1v) is 5.62. The zero-order chi connectivity index (χ0) is 14.3. The number of nitrogens with one attached hydrogen (secondary N) is 1. The summed E-state index contributed by atoms with van der Waals surface area (Å²) in [6.45, 7) is 3.41. The van der Waals surface area contributed by atoms with Crippen LogP contribution in [-0.4, -0.2) is 43.3 Å². The van der Waals surface area contributed by atoms with Gasteiger partial charge in [-0.25, -0.2) is 4.79 Å². The number of ether oxygens (including phenoxy) is 2. The molecule has 0 saturated heterocycles. The summed E-state index contributed by atoms with van der Waals surface area (Å²) in [5, 5.41) is 11.2. The third-order valence-corrected chi connectivity index (χ3v) is 2.31. The molecule has 1 rings (SSSR count). The summed E-state index contributed by atoms with van der Waals surface area (Å²) >= 11 is 0. The van der Waals surface area contributed by atoms with Crippen LogP contribution in [0.2, 0.25) is 0 Å². The number of hydrogen-bond donors (Lipinski definition) is 2. The fourth-order valence-electron chi connectivity index (χ4n) is 1.30. The number of carboxylic acids is 1. The Kier molecular flexibility index (Phi) is 5.81. The van der Waals surface area contributed by atoms with Crippen molar-refractivity contribution in [2.75, 3.05) is 20.3 Å². The molecule has 0 aliphatic heterocycles. The van der Waals surface area contributed by atoms with E-state index in [1.807, 2.05) is 0 Å². The number of carboxylic acid groups (broad SMARTS) is 1. The number of methoxy groups -OCH3 is 1. The lowest BCUT2D eigenvalue weighted by Gasteiger charge is -2.13. The second-order valence-corrected chi connectivity index (χ2v) is 3.75. The average molecular weight is 266 g/mol. The van der Waals surface area contributed by atoms with Crippen LogP contribution >= 0.6 is 0 Å². The molecule has 1 amide bonds. The van der Waals surface area contributed by atoms with Crippen molar-refractivity contribution < 1.29 is 24.2 Å². The van der Waals surface area contributed by atoms with Crippen molar-refractivity contribution in [1.29, 1.82) is 0 Å². The number of rotatable bonds is 7. The van der Waals surface area contributed by atoms with Gasteiger partial charge in [-0.3, -0.25) is 4.79 Å². The zero-order valence-corrected chi connectivity index (χ0v) is 10.6. The third kappa shape index (κ3) is 4.97. The highest BCUT2D eigenvalue weighted by Gasteiger charge is 2.13. The number of aliphatic carboxylic acids is 1. The molecule has 1 radical (unpaired) electrons. The van der Waals surface area contributed by atoms with E-state index >= 15 is 0 Å². The molecular weight excluding hydrogens is 250 g/mol. The van der Waals surface area contributed by atoms with E-state index in [-0.39, 0.29) is 29.9 Å². The lowest BCUT2D eigenvalue weighted by molar-refractivity contribution is -0.139. The lowest BCUT2D eigenvalue weighted by atomic mass is 10.2. The average Bonchev–Trinajstić information content (AvgIpc) is 2.42. The molecule has 6 heteroatoms. The van der Waals surface area contributed by atoms with Crippen LogP contribution in [0.15, 0.2) is 24.3 Å². The van der Waals surface area contributed by atoms with Crippen molar-refractivity contribution in [3.8, 4) is 5.75 Å². The largest absolute Gasteiger partial charge is 0.481 e. The summed E-state index contributed by atoms with van der Waals surface area (Å²) in [6, 6.07) is 6.42. The first-order valence-electron chi connectivity index (χ1n) is 5.62. The summed E-state index contributed by atoms with van der Waals surface area (Å²) in [4.78, 5) is 22.4. The minimum absolute atomic E-state index is 0.223. The number of amides is 1. The maximum Gasteiger partial charge on any atom is 0.341 e. The normalized spacial score (nSPS) is 11.7. The second-order valence-electron chi connectivity index (χ2n) is 3.75. The number of hydrogen-bond acceptors (Lipinski definition) is 4. The van der Waals surface area contributed by atoms with Crippen molar-refractivity contribution >= 4 is 11.9 Å². The molecule has 0 aliphatic rings. The predicted molar refractivity (Wildman–Crippen MR) is 68.1 cm³/mol. The summed E-state index contributed by atoms with van der Waals surface area (Å²) < 4.78 is 9.96. The second kappa shape index (κ2) is 7.38. The molecule has 1 aromatic rings. The van der Waals surface area contributed by atoms with E-state index in [2.05, 4.69) is 12.2 Å². The molecule has 2 N–H and O–H groups in total. The zero-order valence-electron chi connectivity index (χ0n) is 10.6. The highest BCUT2D eigenvalue weighted by Crippen LogP contribution is 2.17. The van der Waals surface area contributed by atoms with Gasteiger partial charge in [0, 0.05) is 13.7 Å². The van der Waals surface area contributed by atoms with Crippen molar-refractivity contribution in [2.45, 2.75) is 6.10 Å². The lowest BCUT2D eigenvalue weighted by Crippen LogP contribution is -2.32. The molecule has 0 spiro atoms. The predicted octanol–water partition coefficient (Wildman–Crippen LogP) is 0.729. The molecule has 1 aromatic carbocycles. The van der Waals surface area contributed by atoms with E-state index < -0.39 is 12.6 Å². The van der Waals surface area contributed by atoms with Crippen LogP contribution < -0.4 is 10.1 Å². The van der Waals surface area contributed by atoms with E-state index in [9.17, 15) is 9.59 Å². The van der Waals surface area contributed by atoms with Gasteiger partial charge in [0.15, 0.2) is 6.61 Å². The van der Waals surface area contributed by atoms with E-state index in [4.69, 9.17) is 14.6 Å². The van der Waals surface area contributed by atoms with Gasteiger partial charge in [0.25, 0.3) is 5.91 Å². The quantitative estimate of drug-likeness (QED) is 0.760. The van der Waals surface area contributed by atoms with Gasteiger partial charge in [-0.2, -0.15) is 0 Å². The molecule has 0 aliphatic carbocycles. The molecule has 103 valence electrons. The van der Waals surface area contributed by atoms with Crippen molar-refractivity contribution in [3.63, 3.8) is 0 Å². The molecule has 19 heavy (non-hydrogen) atoms. The summed E-state index contributed by atoms with van der Waals surface area (Å²) in [7, 11) is 1.49. The van der Waals surface area contributed by atoms with Gasteiger partial charge >= 0.3 is 5.97 Å². The van der Waals surface area contributed by atoms with Crippen LogP contribution in [0.4, 0.5) is 0 Å². The third-order valence-electron chi connectivity index (χ3n) is 2.31. The van der Waals surface area contributed by atoms with E-state index in [0.29, 0.717) is 0 Å². The van der Waals surface area contributed by atoms with Crippen molar-refractivity contribution in [3.05, 3.63) is 36.8 Å².